The second-order valence-corrected chi connectivity index (χ2v) is 5.05. The van der Waals surface area contributed by atoms with Gasteiger partial charge in [-0.25, -0.2) is 10.8 Å². The number of hydrogen-bond donors (Lipinski definition) is 3. The van der Waals surface area contributed by atoms with Crippen LogP contribution in [-0.4, -0.2) is 42.6 Å². The van der Waals surface area contributed by atoms with E-state index in [0.717, 1.165) is 25.3 Å². The minimum atomic E-state index is 0.500. The molecule has 2 fully saturated rings. The largest absolute Gasteiger partial charge is 0.352 e. The third-order valence-electron chi connectivity index (χ3n) is 3.54. The van der Waals surface area contributed by atoms with Crippen LogP contribution in [0.4, 0.5) is 0 Å². The number of nitrogens with two attached hydrogens (primary N) is 1. The van der Waals surface area contributed by atoms with E-state index in [-0.39, 0.29) is 0 Å². The summed E-state index contributed by atoms with van der Waals surface area (Å²) in [6.45, 7) is 3.40. The Morgan fingerprint density at radius 1 is 1.38 bits per heavy atom. The van der Waals surface area contributed by atoms with Gasteiger partial charge >= 0.3 is 0 Å². The minimum Gasteiger partial charge on any atom is -0.352 e. The van der Waals surface area contributed by atoms with Crippen molar-refractivity contribution in [2.45, 2.75) is 50.7 Å². The number of hydrogen-bond acceptors (Lipinski definition) is 3. The molecule has 1 aliphatic carbocycles. The normalized spacial score (nSPS) is 32.6. The lowest BCUT2D eigenvalue weighted by Crippen LogP contribution is -2.52. The lowest BCUT2D eigenvalue weighted by Gasteiger charge is -2.35. The van der Waals surface area contributed by atoms with Gasteiger partial charge in [0.05, 0.1) is 6.04 Å². The van der Waals surface area contributed by atoms with Gasteiger partial charge in [0, 0.05) is 18.6 Å². The van der Waals surface area contributed by atoms with E-state index in [0.29, 0.717) is 18.1 Å². The molecule has 0 aromatic heterocycles. The third kappa shape index (κ3) is 3.09. The number of piperidine rings is 1. The number of guanidine groups is 1. The number of likely N-dealkylation sites (tertiary alicyclic amines) is 1. The van der Waals surface area contributed by atoms with Crippen LogP contribution in [0.2, 0.25) is 0 Å². The number of hydrazine groups is 1. The van der Waals surface area contributed by atoms with E-state index in [1.54, 1.807) is 0 Å². The van der Waals surface area contributed by atoms with Gasteiger partial charge in [0.1, 0.15) is 0 Å². The lowest BCUT2D eigenvalue weighted by atomic mass is 9.99. The zero-order valence-electron chi connectivity index (χ0n) is 10.2. The molecule has 2 rings (SSSR count). The van der Waals surface area contributed by atoms with Crippen LogP contribution in [0.1, 0.15) is 32.6 Å². The fourth-order valence-electron chi connectivity index (χ4n) is 2.12. The van der Waals surface area contributed by atoms with E-state index >= 15 is 0 Å². The highest BCUT2D eigenvalue weighted by Crippen LogP contribution is 2.23. The number of rotatable bonds is 2. The molecule has 0 spiro atoms. The Bertz CT molecular complexity index is 261. The molecule has 16 heavy (non-hydrogen) atoms. The molecule has 0 aromatic rings. The molecule has 0 aromatic carbocycles. The summed E-state index contributed by atoms with van der Waals surface area (Å²) in [6.07, 6.45) is 4.72. The Balaban J connectivity index is 1.83. The quantitative estimate of drug-likeness (QED) is 0.269. The van der Waals surface area contributed by atoms with Crippen LogP contribution in [0.5, 0.6) is 0 Å². The second-order valence-electron chi connectivity index (χ2n) is 5.05. The summed E-state index contributed by atoms with van der Waals surface area (Å²) in [6, 6.07) is 1.63. The lowest BCUT2D eigenvalue weighted by molar-refractivity contribution is 0.176. The molecule has 2 unspecified atom stereocenters. The molecule has 0 bridgehead atoms. The van der Waals surface area contributed by atoms with Gasteiger partial charge in [-0.2, -0.15) is 0 Å². The highest BCUT2D eigenvalue weighted by molar-refractivity contribution is 5.79. The molecule has 92 valence electrons. The first kappa shape index (κ1) is 11.7. The predicted molar refractivity (Wildman–Crippen MR) is 66.0 cm³/mol. The number of aliphatic imine (C=N–C) groups is 1. The van der Waals surface area contributed by atoms with Crippen LogP contribution in [0.15, 0.2) is 4.99 Å². The van der Waals surface area contributed by atoms with Gasteiger partial charge in [-0.05, 0) is 39.7 Å². The number of nitrogens with one attached hydrogen (secondary N) is 2. The molecule has 0 radical (unpaired) electrons. The maximum atomic E-state index is 5.47. The Kier molecular flexibility index (Phi) is 3.66. The molecule has 4 N–H and O–H groups in total. The molecular formula is C11H23N5. The van der Waals surface area contributed by atoms with Crippen molar-refractivity contribution in [1.82, 2.24) is 15.6 Å². The first-order chi connectivity index (χ1) is 7.69. The molecule has 1 heterocycles. The van der Waals surface area contributed by atoms with Crippen LogP contribution in [-0.2, 0) is 0 Å². The Morgan fingerprint density at radius 3 is 2.69 bits per heavy atom. The number of nitrogens with zero attached hydrogens (tertiary/aromatic N) is 2. The Hall–Kier alpha value is -0.810. The van der Waals surface area contributed by atoms with Gasteiger partial charge in [-0.3, -0.25) is 5.43 Å². The maximum absolute atomic E-state index is 5.47. The van der Waals surface area contributed by atoms with Gasteiger partial charge < -0.3 is 10.2 Å². The van der Waals surface area contributed by atoms with Crippen LogP contribution in [0.25, 0.3) is 0 Å². The van der Waals surface area contributed by atoms with Crippen molar-refractivity contribution in [2.24, 2.45) is 10.8 Å². The highest BCUT2D eigenvalue weighted by atomic mass is 15.3. The van der Waals surface area contributed by atoms with Gasteiger partial charge in [0.15, 0.2) is 0 Å². The van der Waals surface area contributed by atoms with E-state index in [1.807, 2.05) is 0 Å². The van der Waals surface area contributed by atoms with Crippen molar-refractivity contribution in [1.29, 1.82) is 0 Å². The fraction of sp³-hybridized carbons (Fsp3) is 0.909. The van der Waals surface area contributed by atoms with Crippen molar-refractivity contribution < 1.29 is 0 Å². The van der Waals surface area contributed by atoms with Crippen molar-refractivity contribution >= 4 is 5.96 Å². The molecule has 2 aliphatic rings. The summed E-state index contributed by atoms with van der Waals surface area (Å²) in [7, 11) is 2.18. The Morgan fingerprint density at radius 2 is 2.12 bits per heavy atom. The molecular weight excluding hydrogens is 202 g/mol. The van der Waals surface area contributed by atoms with Crippen molar-refractivity contribution in [3.63, 3.8) is 0 Å². The van der Waals surface area contributed by atoms with Gasteiger partial charge in [0.25, 0.3) is 0 Å². The smallest absolute Gasteiger partial charge is 0.206 e. The van der Waals surface area contributed by atoms with Crippen molar-refractivity contribution in [3.05, 3.63) is 0 Å². The van der Waals surface area contributed by atoms with Crippen LogP contribution < -0.4 is 16.6 Å². The highest BCUT2D eigenvalue weighted by Gasteiger charge is 2.25. The van der Waals surface area contributed by atoms with Crippen LogP contribution >= 0.6 is 0 Å². The summed E-state index contributed by atoms with van der Waals surface area (Å²) in [5, 5.41) is 3.42. The summed E-state index contributed by atoms with van der Waals surface area (Å²) in [5.41, 5.74) is 2.67. The van der Waals surface area contributed by atoms with Gasteiger partial charge in [0.2, 0.25) is 5.96 Å². The standard InChI is InChI=1S/C11H23N5/c1-8-7-10(5-6-16(8)2)14-11(15-12)13-9-3-4-9/h8-10H,3-7,12H2,1-2H3,(H2,13,14,15). The molecule has 1 aliphatic heterocycles. The topological polar surface area (TPSA) is 65.7 Å². The summed E-state index contributed by atoms with van der Waals surface area (Å²) in [4.78, 5) is 6.90. The second kappa shape index (κ2) is 5.01. The first-order valence-electron chi connectivity index (χ1n) is 6.20. The molecule has 2 atom stereocenters. The molecule has 1 saturated heterocycles. The Labute approximate surface area is 97.4 Å². The summed E-state index contributed by atoms with van der Waals surface area (Å²) in [5.74, 6) is 6.24. The van der Waals surface area contributed by atoms with Gasteiger partial charge in [-0.1, -0.05) is 0 Å². The van der Waals surface area contributed by atoms with Crippen molar-refractivity contribution in [3.8, 4) is 0 Å². The maximum Gasteiger partial charge on any atom is 0.206 e. The minimum absolute atomic E-state index is 0.500. The van der Waals surface area contributed by atoms with E-state index in [9.17, 15) is 0 Å². The third-order valence-corrected chi connectivity index (χ3v) is 3.54. The van der Waals surface area contributed by atoms with Crippen LogP contribution in [0, 0.1) is 0 Å². The molecule has 1 saturated carbocycles. The monoisotopic (exact) mass is 225 g/mol. The zero-order valence-corrected chi connectivity index (χ0v) is 10.2. The zero-order chi connectivity index (χ0) is 11.5. The molecule has 0 amide bonds. The van der Waals surface area contributed by atoms with E-state index < -0.39 is 0 Å². The first-order valence-corrected chi connectivity index (χ1v) is 6.20. The fourth-order valence-corrected chi connectivity index (χ4v) is 2.12. The van der Waals surface area contributed by atoms with Crippen molar-refractivity contribution in [2.75, 3.05) is 13.6 Å². The average molecular weight is 225 g/mol. The predicted octanol–water partition coefficient (Wildman–Crippen LogP) is 0.0404. The summed E-state index contributed by atoms with van der Waals surface area (Å²) < 4.78 is 0. The molecule has 5 heteroatoms. The SMILES string of the molecule is CC1CC(NC(=NC2CC2)NN)CCN1C. The van der Waals surface area contributed by atoms with Gasteiger partial charge in [-0.15, -0.1) is 0 Å². The van der Waals surface area contributed by atoms with E-state index in [2.05, 4.69) is 34.6 Å². The average Bonchev–Trinajstić information content (AvgIpc) is 3.06. The van der Waals surface area contributed by atoms with E-state index in [4.69, 9.17) is 5.84 Å². The molecule has 5 nitrogen and oxygen atoms in total. The summed E-state index contributed by atoms with van der Waals surface area (Å²) >= 11 is 0. The van der Waals surface area contributed by atoms with Crippen LogP contribution in [0.3, 0.4) is 0 Å². The van der Waals surface area contributed by atoms with E-state index in [1.165, 1.54) is 12.8 Å².